The molecule has 4 aromatic rings. The van der Waals surface area contributed by atoms with Crippen molar-refractivity contribution in [3.8, 4) is 11.5 Å². The summed E-state index contributed by atoms with van der Waals surface area (Å²) in [6.07, 6.45) is 6.36. The average Bonchev–Trinajstić information content (AvgIpc) is 3.29. The topological polar surface area (TPSA) is 84.9 Å². The van der Waals surface area contributed by atoms with E-state index >= 15 is 0 Å². The number of nitrogens with one attached hydrogen (secondary N) is 1. The van der Waals surface area contributed by atoms with Crippen molar-refractivity contribution in [1.82, 2.24) is 30.0 Å². The molecular formula is C16H16N6OS. The number of nitrogens with zero attached hydrogens (tertiary/aromatic N) is 5. The first-order chi connectivity index (χ1) is 11.7. The smallest absolute Gasteiger partial charge is 0.235 e. The van der Waals surface area contributed by atoms with Gasteiger partial charge in [0.15, 0.2) is 0 Å². The summed E-state index contributed by atoms with van der Waals surface area (Å²) in [4.78, 5) is 0.734. The third-order valence-corrected chi connectivity index (χ3v) is 4.29. The molecule has 0 spiro atoms. The molecule has 0 aliphatic heterocycles. The molecule has 0 aliphatic rings. The van der Waals surface area contributed by atoms with Crippen LogP contribution in [0.15, 0.2) is 28.9 Å². The van der Waals surface area contributed by atoms with Crippen LogP contribution in [0.1, 0.15) is 30.3 Å². The Bertz CT molecular complexity index is 976. The number of hydrogen-bond acceptors (Lipinski definition) is 6. The lowest BCUT2D eigenvalue weighted by Gasteiger charge is -1.98. The van der Waals surface area contributed by atoms with Gasteiger partial charge in [0.2, 0.25) is 10.8 Å². The fraction of sp³-hybridized carbons (Fsp3) is 0.250. The highest BCUT2D eigenvalue weighted by atomic mass is 32.1. The van der Waals surface area contributed by atoms with Crippen LogP contribution < -0.4 is 0 Å². The molecule has 0 saturated heterocycles. The Hall–Kier alpha value is -2.74. The van der Waals surface area contributed by atoms with Gasteiger partial charge in [-0.05, 0) is 42.7 Å². The maximum Gasteiger partial charge on any atom is 0.235 e. The molecule has 0 amide bonds. The number of furan rings is 1. The second-order valence-corrected chi connectivity index (χ2v) is 6.87. The van der Waals surface area contributed by atoms with E-state index in [1.165, 1.54) is 11.3 Å². The van der Waals surface area contributed by atoms with E-state index in [0.29, 0.717) is 11.7 Å². The highest BCUT2D eigenvalue weighted by Gasteiger charge is 2.15. The van der Waals surface area contributed by atoms with Gasteiger partial charge in [-0.25, -0.2) is 0 Å². The van der Waals surface area contributed by atoms with Crippen LogP contribution >= 0.6 is 11.3 Å². The molecule has 122 valence electrons. The summed E-state index contributed by atoms with van der Waals surface area (Å²) in [7, 11) is 0. The van der Waals surface area contributed by atoms with Crippen molar-refractivity contribution in [3.05, 3.63) is 40.9 Å². The third kappa shape index (κ3) is 2.88. The molecule has 4 heterocycles. The fourth-order valence-electron chi connectivity index (χ4n) is 2.42. The Balaban J connectivity index is 1.63. The molecule has 1 N–H and O–H groups in total. The number of aromatic amines is 1. The van der Waals surface area contributed by atoms with E-state index in [-0.39, 0.29) is 0 Å². The van der Waals surface area contributed by atoms with Gasteiger partial charge in [0.25, 0.3) is 0 Å². The summed E-state index contributed by atoms with van der Waals surface area (Å²) in [5.41, 5.74) is 1.84. The highest BCUT2D eigenvalue weighted by Crippen LogP contribution is 2.22. The van der Waals surface area contributed by atoms with Crippen LogP contribution in [-0.4, -0.2) is 30.0 Å². The minimum absolute atomic E-state index is 0.564. The molecule has 0 radical (unpaired) electrons. The summed E-state index contributed by atoms with van der Waals surface area (Å²) in [6.45, 7) is 4.35. The molecule has 0 aromatic carbocycles. The maximum absolute atomic E-state index is 5.28. The zero-order valence-electron chi connectivity index (χ0n) is 13.3. The Morgan fingerprint density at radius 2 is 2.25 bits per heavy atom. The molecular weight excluding hydrogens is 324 g/mol. The van der Waals surface area contributed by atoms with Crippen LogP contribution in [0.3, 0.4) is 0 Å². The van der Waals surface area contributed by atoms with Gasteiger partial charge < -0.3 is 4.42 Å². The largest absolute Gasteiger partial charge is 0.465 e. The molecule has 0 atom stereocenters. The first-order valence-electron chi connectivity index (χ1n) is 7.67. The molecule has 24 heavy (non-hydrogen) atoms. The van der Waals surface area contributed by atoms with Gasteiger partial charge in [-0.3, -0.25) is 5.10 Å². The van der Waals surface area contributed by atoms with Gasteiger partial charge in [-0.15, -0.1) is 10.2 Å². The Kier molecular flexibility index (Phi) is 3.73. The SMILES string of the molecule is CC(C)Cc1cc(-c2nnc3sc(/C=C/c4ccco4)nn23)n[nH]1. The molecule has 0 fully saturated rings. The van der Waals surface area contributed by atoms with Crippen molar-refractivity contribution in [1.29, 1.82) is 0 Å². The van der Waals surface area contributed by atoms with Crippen LogP contribution in [0.25, 0.3) is 28.6 Å². The number of hydrogen-bond donors (Lipinski definition) is 1. The third-order valence-electron chi connectivity index (χ3n) is 3.43. The predicted octanol–water partition coefficient (Wildman–Crippen LogP) is 3.54. The van der Waals surface area contributed by atoms with E-state index in [2.05, 4.69) is 39.3 Å². The molecule has 8 heteroatoms. The van der Waals surface area contributed by atoms with Gasteiger partial charge in [0.05, 0.1) is 6.26 Å². The minimum atomic E-state index is 0.564. The van der Waals surface area contributed by atoms with E-state index < -0.39 is 0 Å². The Morgan fingerprint density at radius 1 is 1.33 bits per heavy atom. The molecule has 4 aromatic heterocycles. The zero-order valence-corrected chi connectivity index (χ0v) is 14.1. The number of aromatic nitrogens is 6. The predicted molar refractivity (Wildman–Crippen MR) is 92.4 cm³/mol. The summed E-state index contributed by atoms with van der Waals surface area (Å²) < 4.78 is 7.00. The molecule has 0 unspecified atom stereocenters. The monoisotopic (exact) mass is 340 g/mol. The highest BCUT2D eigenvalue weighted by molar-refractivity contribution is 7.17. The van der Waals surface area contributed by atoms with E-state index in [1.807, 2.05) is 30.4 Å². The fourth-order valence-corrected chi connectivity index (χ4v) is 3.16. The van der Waals surface area contributed by atoms with Crippen LogP contribution in [0.2, 0.25) is 0 Å². The van der Waals surface area contributed by atoms with E-state index in [1.54, 1.807) is 10.8 Å². The van der Waals surface area contributed by atoms with Gasteiger partial charge in [-0.2, -0.15) is 14.7 Å². The van der Waals surface area contributed by atoms with E-state index in [9.17, 15) is 0 Å². The lowest BCUT2D eigenvalue weighted by molar-refractivity contribution is 0.557. The first-order valence-corrected chi connectivity index (χ1v) is 8.49. The summed E-state index contributed by atoms with van der Waals surface area (Å²) in [5, 5.41) is 21.2. The lowest BCUT2D eigenvalue weighted by atomic mass is 10.1. The van der Waals surface area contributed by atoms with Crippen molar-refractivity contribution < 1.29 is 4.42 Å². The summed E-state index contributed by atoms with van der Waals surface area (Å²) >= 11 is 1.46. The van der Waals surface area contributed by atoms with E-state index in [0.717, 1.165) is 33.5 Å². The number of rotatable bonds is 5. The molecule has 0 saturated carbocycles. The second-order valence-electron chi connectivity index (χ2n) is 5.88. The number of H-pyrrole nitrogens is 1. The van der Waals surface area contributed by atoms with Gasteiger partial charge in [-0.1, -0.05) is 25.2 Å². The number of fused-ring (bicyclic) bond motifs is 1. The first kappa shape index (κ1) is 14.8. The molecule has 4 rings (SSSR count). The molecule has 0 bridgehead atoms. The second kappa shape index (κ2) is 6.04. The maximum atomic E-state index is 5.28. The summed E-state index contributed by atoms with van der Waals surface area (Å²) in [6, 6.07) is 5.75. The minimum Gasteiger partial charge on any atom is -0.465 e. The van der Waals surface area contributed by atoms with Gasteiger partial charge >= 0.3 is 0 Å². The summed E-state index contributed by atoms with van der Waals surface area (Å²) in [5.74, 6) is 1.99. The normalized spacial score (nSPS) is 12.1. The molecule has 0 aliphatic carbocycles. The van der Waals surface area contributed by atoms with Crippen LogP contribution in [0.5, 0.6) is 0 Å². The van der Waals surface area contributed by atoms with Crippen molar-refractivity contribution in [2.24, 2.45) is 5.92 Å². The van der Waals surface area contributed by atoms with Gasteiger partial charge in [0.1, 0.15) is 16.5 Å². The average molecular weight is 340 g/mol. The van der Waals surface area contributed by atoms with Crippen molar-refractivity contribution in [3.63, 3.8) is 0 Å². The Labute approximate surface area is 142 Å². The molecule has 7 nitrogen and oxygen atoms in total. The Morgan fingerprint density at radius 3 is 3.04 bits per heavy atom. The van der Waals surface area contributed by atoms with Crippen LogP contribution in [-0.2, 0) is 6.42 Å². The van der Waals surface area contributed by atoms with Crippen molar-refractivity contribution in [2.75, 3.05) is 0 Å². The van der Waals surface area contributed by atoms with Crippen molar-refractivity contribution >= 4 is 28.4 Å². The van der Waals surface area contributed by atoms with E-state index in [4.69, 9.17) is 4.42 Å². The quantitative estimate of drug-likeness (QED) is 0.600. The zero-order chi connectivity index (χ0) is 16.5. The van der Waals surface area contributed by atoms with Crippen LogP contribution in [0, 0.1) is 5.92 Å². The van der Waals surface area contributed by atoms with Crippen LogP contribution in [0.4, 0.5) is 0 Å². The standard InChI is InChI=1S/C16H16N6OS/c1-10(2)8-11-9-13(18-17-11)15-19-20-16-22(15)21-14(24-16)6-5-12-4-3-7-23-12/h3-7,9-10H,8H2,1-2H3,(H,17,18)/b6-5+. The lowest BCUT2D eigenvalue weighted by Crippen LogP contribution is -1.93. The van der Waals surface area contributed by atoms with Crippen molar-refractivity contribution in [2.45, 2.75) is 20.3 Å². The van der Waals surface area contributed by atoms with Gasteiger partial charge in [0, 0.05) is 5.69 Å².